The Balaban J connectivity index is 2.14. The highest BCUT2D eigenvalue weighted by Crippen LogP contribution is 2.63. The summed E-state index contributed by atoms with van der Waals surface area (Å²) >= 11 is 0. The summed E-state index contributed by atoms with van der Waals surface area (Å²) in [5, 5.41) is 9.97. The summed E-state index contributed by atoms with van der Waals surface area (Å²) in [5.41, 5.74) is -2.45. The Kier molecular flexibility index (Phi) is 6.59. The van der Waals surface area contributed by atoms with E-state index in [9.17, 15) is 19.5 Å². The van der Waals surface area contributed by atoms with Gasteiger partial charge in [0.2, 0.25) is 17.7 Å². The van der Waals surface area contributed by atoms with E-state index < -0.39 is 40.7 Å². The summed E-state index contributed by atoms with van der Waals surface area (Å²) in [6.45, 7) is 17.3. The first-order valence-electron chi connectivity index (χ1n) is 11.7. The molecule has 3 saturated heterocycles. The molecule has 3 aliphatic rings. The van der Waals surface area contributed by atoms with E-state index in [1.165, 1.54) is 4.90 Å². The van der Waals surface area contributed by atoms with Gasteiger partial charge in [0.15, 0.2) is 0 Å². The molecule has 0 aromatic heterocycles. The van der Waals surface area contributed by atoms with Crippen LogP contribution in [-0.4, -0.2) is 93.1 Å². The zero-order valence-electron chi connectivity index (χ0n) is 20.8. The molecular weight excluding hydrogens is 422 g/mol. The average molecular weight is 462 g/mol. The lowest BCUT2D eigenvalue weighted by Crippen LogP contribution is -2.61. The second kappa shape index (κ2) is 8.55. The number of hydrogen-bond donors (Lipinski definition) is 1. The molecule has 2 unspecified atom stereocenters. The molecule has 3 heterocycles. The van der Waals surface area contributed by atoms with Gasteiger partial charge in [-0.1, -0.05) is 12.2 Å². The maximum Gasteiger partial charge on any atom is 0.249 e. The summed E-state index contributed by atoms with van der Waals surface area (Å²) in [7, 11) is 1.69. The minimum Gasteiger partial charge on any atom is -0.394 e. The Labute approximate surface area is 197 Å². The van der Waals surface area contributed by atoms with Crippen LogP contribution in [0.4, 0.5) is 0 Å². The van der Waals surface area contributed by atoms with Crippen LogP contribution >= 0.6 is 0 Å². The zero-order chi connectivity index (χ0) is 24.9. The van der Waals surface area contributed by atoms with Gasteiger partial charge in [0.05, 0.1) is 30.1 Å². The smallest absolute Gasteiger partial charge is 0.249 e. The lowest BCUT2D eigenvalue weighted by Gasteiger charge is -2.43. The quantitative estimate of drug-likeness (QED) is 0.555. The average Bonchev–Trinajstić information content (AvgIpc) is 3.30. The lowest BCUT2D eigenvalue weighted by molar-refractivity contribution is -0.158. The van der Waals surface area contributed by atoms with E-state index in [1.807, 2.05) is 27.7 Å². The SMILES string of the molecule is C=CCN(C)C(=O)[C@@H]1[C@H]2C(=O)N([C@H](C)CO)C(C(=O)N(CC=C)C(C)(C)C)C23CC[C@@]1(C)O3. The molecule has 8 heteroatoms. The zero-order valence-corrected chi connectivity index (χ0v) is 20.8. The van der Waals surface area contributed by atoms with Crippen LogP contribution in [-0.2, 0) is 19.1 Å². The van der Waals surface area contributed by atoms with Crippen molar-refractivity contribution >= 4 is 17.7 Å². The standard InChI is InChI=1S/C25H39N3O5/c1-9-13-26(8)20(30)17-18-21(31)28(16(3)15-29)19(25(18)12-11-24(17,7)33-25)22(32)27(14-10-2)23(4,5)6/h9-10,16-19,29H,1-2,11-15H2,3-8H3/t16-,17+,18+,19?,24-,25?/m1/s1. The molecule has 2 bridgehead atoms. The van der Waals surface area contributed by atoms with Gasteiger partial charge in [-0.15, -0.1) is 13.2 Å². The van der Waals surface area contributed by atoms with Gasteiger partial charge < -0.3 is 24.5 Å². The molecule has 3 fully saturated rings. The van der Waals surface area contributed by atoms with Crippen molar-refractivity contribution in [2.45, 2.75) is 76.3 Å². The highest BCUT2D eigenvalue weighted by molar-refractivity contribution is 5.99. The number of ether oxygens (including phenoxy) is 1. The molecule has 0 saturated carbocycles. The predicted molar refractivity (Wildman–Crippen MR) is 125 cm³/mol. The Bertz CT molecular complexity index is 851. The van der Waals surface area contributed by atoms with Crippen molar-refractivity contribution in [2.75, 3.05) is 26.7 Å². The fraction of sp³-hybridized carbons (Fsp3) is 0.720. The van der Waals surface area contributed by atoms with E-state index in [4.69, 9.17) is 4.74 Å². The van der Waals surface area contributed by atoms with Gasteiger partial charge in [0, 0.05) is 25.7 Å². The summed E-state index contributed by atoms with van der Waals surface area (Å²) in [4.78, 5) is 46.3. The first-order valence-corrected chi connectivity index (χ1v) is 11.7. The monoisotopic (exact) mass is 461 g/mol. The Hall–Kier alpha value is -2.19. The Morgan fingerprint density at radius 3 is 2.36 bits per heavy atom. The molecule has 1 spiro atoms. The number of aliphatic hydroxyl groups excluding tert-OH is 1. The number of amides is 3. The Morgan fingerprint density at radius 1 is 1.24 bits per heavy atom. The van der Waals surface area contributed by atoms with Crippen LogP contribution in [0.1, 0.15) is 47.5 Å². The van der Waals surface area contributed by atoms with Crippen LogP contribution < -0.4 is 0 Å². The van der Waals surface area contributed by atoms with Crippen LogP contribution in [0, 0.1) is 11.8 Å². The number of rotatable bonds is 8. The number of carbonyl (C=O) groups excluding carboxylic acids is 3. The Morgan fingerprint density at radius 2 is 1.85 bits per heavy atom. The highest BCUT2D eigenvalue weighted by atomic mass is 16.5. The minimum atomic E-state index is -1.10. The van der Waals surface area contributed by atoms with Gasteiger partial charge in [0.25, 0.3) is 0 Å². The summed E-state index contributed by atoms with van der Waals surface area (Å²) in [6, 6.07) is -1.50. The topological polar surface area (TPSA) is 90.4 Å². The van der Waals surface area contributed by atoms with Crippen molar-refractivity contribution in [3.63, 3.8) is 0 Å². The molecule has 3 rings (SSSR count). The van der Waals surface area contributed by atoms with E-state index in [-0.39, 0.29) is 24.3 Å². The number of carbonyl (C=O) groups is 3. The molecule has 0 radical (unpaired) electrons. The number of hydrogen-bond acceptors (Lipinski definition) is 5. The van der Waals surface area contributed by atoms with Crippen molar-refractivity contribution in [3.05, 3.63) is 25.3 Å². The van der Waals surface area contributed by atoms with Gasteiger partial charge in [-0.05, 0) is 47.5 Å². The van der Waals surface area contributed by atoms with E-state index in [0.29, 0.717) is 25.9 Å². The first-order chi connectivity index (χ1) is 15.3. The van der Waals surface area contributed by atoms with Crippen LogP contribution in [0.3, 0.4) is 0 Å². The van der Waals surface area contributed by atoms with E-state index >= 15 is 0 Å². The van der Waals surface area contributed by atoms with Crippen molar-refractivity contribution < 1.29 is 24.2 Å². The summed E-state index contributed by atoms with van der Waals surface area (Å²) < 4.78 is 6.61. The highest BCUT2D eigenvalue weighted by Gasteiger charge is 2.78. The molecule has 0 aromatic carbocycles. The first kappa shape index (κ1) is 25.4. The van der Waals surface area contributed by atoms with E-state index in [2.05, 4.69) is 13.2 Å². The second-order valence-corrected chi connectivity index (χ2v) is 10.9. The maximum absolute atomic E-state index is 14.1. The maximum atomic E-state index is 14.1. The molecule has 33 heavy (non-hydrogen) atoms. The largest absolute Gasteiger partial charge is 0.394 e. The number of likely N-dealkylation sites (N-methyl/N-ethyl adjacent to an activating group) is 1. The lowest BCUT2D eigenvalue weighted by atomic mass is 9.66. The molecule has 1 N–H and O–H groups in total. The van der Waals surface area contributed by atoms with Crippen molar-refractivity contribution in [3.8, 4) is 0 Å². The second-order valence-electron chi connectivity index (χ2n) is 10.9. The number of aliphatic hydroxyl groups is 1. The minimum absolute atomic E-state index is 0.180. The normalized spacial score (nSPS) is 33.6. The number of likely N-dealkylation sites (tertiary alicyclic amines) is 1. The van der Waals surface area contributed by atoms with Crippen molar-refractivity contribution in [1.29, 1.82) is 0 Å². The number of fused-ring (bicyclic) bond motifs is 1. The van der Waals surface area contributed by atoms with Gasteiger partial charge >= 0.3 is 0 Å². The molecule has 0 aliphatic carbocycles. The molecule has 3 aliphatic heterocycles. The van der Waals surface area contributed by atoms with Gasteiger partial charge in [-0.25, -0.2) is 0 Å². The van der Waals surface area contributed by atoms with Crippen LogP contribution in [0.25, 0.3) is 0 Å². The van der Waals surface area contributed by atoms with Crippen LogP contribution in [0.15, 0.2) is 25.3 Å². The fourth-order valence-corrected chi connectivity index (χ4v) is 6.07. The third kappa shape index (κ3) is 3.71. The fourth-order valence-electron chi connectivity index (χ4n) is 6.07. The molecule has 3 amide bonds. The van der Waals surface area contributed by atoms with Gasteiger partial charge in [0.1, 0.15) is 11.6 Å². The molecule has 6 atom stereocenters. The molecule has 184 valence electrons. The number of nitrogens with zero attached hydrogens (tertiary/aromatic N) is 3. The summed E-state index contributed by atoms with van der Waals surface area (Å²) in [5.74, 6) is -2.19. The van der Waals surface area contributed by atoms with Crippen LogP contribution in [0.5, 0.6) is 0 Å². The van der Waals surface area contributed by atoms with Gasteiger partial charge in [-0.2, -0.15) is 0 Å². The third-order valence-electron chi connectivity index (χ3n) is 7.62. The molecular formula is C25H39N3O5. The van der Waals surface area contributed by atoms with E-state index in [1.54, 1.807) is 35.9 Å². The molecule has 8 nitrogen and oxygen atoms in total. The van der Waals surface area contributed by atoms with Gasteiger partial charge in [-0.3, -0.25) is 14.4 Å². The molecule has 0 aromatic rings. The van der Waals surface area contributed by atoms with Crippen LogP contribution in [0.2, 0.25) is 0 Å². The van der Waals surface area contributed by atoms with Crippen molar-refractivity contribution in [1.82, 2.24) is 14.7 Å². The predicted octanol–water partition coefficient (Wildman–Crippen LogP) is 1.59. The third-order valence-corrected chi connectivity index (χ3v) is 7.62. The van der Waals surface area contributed by atoms with E-state index in [0.717, 1.165) is 0 Å². The van der Waals surface area contributed by atoms with Crippen molar-refractivity contribution in [2.24, 2.45) is 11.8 Å². The summed E-state index contributed by atoms with van der Waals surface area (Å²) in [6.07, 6.45) is 4.40.